The van der Waals surface area contributed by atoms with Crippen molar-refractivity contribution in [2.75, 3.05) is 12.3 Å². The molecule has 20 heavy (non-hydrogen) atoms. The van der Waals surface area contributed by atoms with Crippen LogP contribution in [0.3, 0.4) is 0 Å². The van der Waals surface area contributed by atoms with Crippen molar-refractivity contribution in [1.82, 2.24) is 10.2 Å². The highest BCUT2D eigenvalue weighted by atomic mass is 32.2. The minimum absolute atomic E-state index is 0.140. The molecule has 1 N–H and O–H groups in total. The van der Waals surface area contributed by atoms with Crippen LogP contribution in [0.2, 0.25) is 0 Å². The smallest absolute Gasteiger partial charge is 0.410 e. The van der Waals surface area contributed by atoms with Crippen molar-refractivity contribution in [2.45, 2.75) is 76.4 Å². The summed E-state index contributed by atoms with van der Waals surface area (Å²) in [5.74, 6) is 1.13. The van der Waals surface area contributed by atoms with Gasteiger partial charge in [-0.1, -0.05) is 0 Å². The van der Waals surface area contributed by atoms with Gasteiger partial charge in [0.25, 0.3) is 0 Å². The van der Waals surface area contributed by atoms with Crippen LogP contribution in [0.1, 0.15) is 54.4 Å². The van der Waals surface area contributed by atoms with Crippen molar-refractivity contribution in [1.29, 1.82) is 0 Å². The Morgan fingerprint density at radius 3 is 2.50 bits per heavy atom. The number of nitrogens with zero attached hydrogens (tertiary/aromatic N) is 1. The minimum Gasteiger partial charge on any atom is -0.444 e. The Kier molecular flexibility index (Phi) is 4.06. The molecule has 0 aliphatic carbocycles. The van der Waals surface area contributed by atoms with Gasteiger partial charge in [-0.15, -0.1) is 11.8 Å². The van der Waals surface area contributed by atoms with Gasteiger partial charge in [-0.2, -0.15) is 0 Å². The lowest BCUT2D eigenvalue weighted by molar-refractivity contribution is 0.00737. The van der Waals surface area contributed by atoms with Crippen LogP contribution >= 0.6 is 11.8 Å². The van der Waals surface area contributed by atoms with Crippen molar-refractivity contribution in [3.05, 3.63) is 0 Å². The molecule has 0 radical (unpaired) electrons. The summed E-state index contributed by atoms with van der Waals surface area (Å²) in [5, 5.41) is 3.77. The van der Waals surface area contributed by atoms with E-state index in [0.29, 0.717) is 0 Å². The molecule has 2 unspecified atom stereocenters. The van der Waals surface area contributed by atoms with Gasteiger partial charge in [0, 0.05) is 23.9 Å². The maximum atomic E-state index is 12.2. The summed E-state index contributed by atoms with van der Waals surface area (Å²) >= 11 is 2.01. The van der Waals surface area contributed by atoms with Crippen molar-refractivity contribution in [3.63, 3.8) is 0 Å². The normalized spacial score (nSPS) is 33.5. The molecule has 2 heterocycles. The van der Waals surface area contributed by atoms with Gasteiger partial charge in [-0.3, -0.25) is 5.32 Å². The average molecular weight is 300 g/mol. The number of hydrogen-bond donors (Lipinski definition) is 1. The van der Waals surface area contributed by atoms with Crippen LogP contribution in [-0.4, -0.2) is 45.3 Å². The van der Waals surface area contributed by atoms with E-state index in [1.807, 2.05) is 37.4 Å². The molecule has 0 saturated carbocycles. The van der Waals surface area contributed by atoms with Gasteiger partial charge in [-0.25, -0.2) is 4.79 Å². The standard InChI is InChI=1S/C15H28N2O2S/c1-11-9-15(16-14(5,6)10-20-15)7-8-17(11)12(18)19-13(2,3)4/h11,16H,7-10H2,1-6H3. The zero-order chi connectivity index (χ0) is 15.2. The van der Waals surface area contributed by atoms with E-state index in [4.69, 9.17) is 4.74 Å². The van der Waals surface area contributed by atoms with Crippen LogP contribution in [0.4, 0.5) is 4.79 Å². The topological polar surface area (TPSA) is 41.6 Å². The number of nitrogens with one attached hydrogen (secondary N) is 1. The van der Waals surface area contributed by atoms with Crippen molar-refractivity contribution in [2.24, 2.45) is 0 Å². The van der Waals surface area contributed by atoms with E-state index in [1.54, 1.807) is 0 Å². The summed E-state index contributed by atoms with van der Waals surface area (Å²) in [6.45, 7) is 13.1. The molecule has 0 bridgehead atoms. The highest BCUT2D eigenvalue weighted by Crippen LogP contribution is 2.44. The molecule has 1 amide bonds. The number of piperidine rings is 1. The number of thioether (sulfide) groups is 1. The molecular weight excluding hydrogens is 272 g/mol. The first-order chi connectivity index (χ1) is 9.02. The first-order valence-electron chi connectivity index (χ1n) is 7.45. The van der Waals surface area contributed by atoms with Crippen molar-refractivity contribution < 1.29 is 9.53 Å². The Labute approximate surface area is 127 Å². The van der Waals surface area contributed by atoms with Gasteiger partial charge in [0.1, 0.15) is 5.60 Å². The van der Waals surface area contributed by atoms with Gasteiger partial charge in [-0.05, 0) is 54.4 Å². The summed E-state index contributed by atoms with van der Waals surface area (Å²) < 4.78 is 5.50. The van der Waals surface area contributed by atoms with Crippen LogP contribution in [0.15, 0.2) is 0 Å². The van der Waals surface area contributed by atoms with Crippen LogP contribution in [0.25, 0.3) is 0 Å². The Bertz CT molecular complexity index is 392. The first kappa shape index (κ1) is 16.0. The predicted molar refractivity (Wildman–Crippen MR) is 84.0 cm³/mol. The Morgan fingerprint density at radius 1 is 1.40 bits per heavy atom. The van der Waals surface area contributed by atoms with E-state index in [9.17, 15) is 4.79 Å². The molecule has 2 saturated heterocycles. The zero-order valence-corrected chi connectivity index (χ0v) is 14.4. The number of likely N-dealkylation sites (tertiary alicyclic amines) is 1. The van der Waals surface area contributed by atoms with E-state index >= 15 is 0 Å². The van der Waals surface area contributed by atoms with Gasteiger partial charge in [0.05, 0.1) is 4.87 Å². The summed E-state index contributed by atoms with van der Waals surface area (Å²) in [6.07, 6.45) is 1.80. The molecular formula is C15H28N2O2S. The number of carbonyl (C=O) groups is 1. The molecule has 2 atom stereocenters. The number of hydrogen-bond acceptors (Lipinski definition) is 4. The first-order valence-corrected chi connectivity index (χ1v) is 8.44. The average Bonchev–Trinajstić information content (AvgIpc) is 2.51. The number of ether oxygens (including phenoxy) is 1. The Hall–Kier alpha value is -0.420. The van der Waals surface area contributed by atoms with Crippen LogP contribution < -0.4 is 5.32 Å². The molecule has 4 nitrogen and oxygen atoms in total. The van der Waals surface area contributed by atoms with Crippen LogP contribution in [-0.2, 0) is 4.74 Å². The van der Waals surface area contributed by atoms with E-state index in [-0.39, 0.29) is 22.5 Å². The molecule has 0 aromatic carbocycles. The van der Waals surface area contributed by atoms with E-state index in [2.05, 4.69) is 26.1 Å². The Morgan fingerprint density at radius 2 is 2.05 bits per heavy atom. The molecule has 2 aliphatic rings. The highest BCUT2D eigenvalue weighted by molar-refractivity contribution is 8.01. The largest absolute Gasteiger partial charge is 0.444 e. The zero-order valence-electron chi connectivity index (χ0n) is 13.6. The van der Waals surface area contributed by atoms with E-state index in [0.717, 1.165) is 25.1 Å². The summed E-state index contributed by atoms with van der Waals surface area (Å²) in [7, 11) is 0. The van der Waals surface area contributed by atoms with E-state index < -0.39 is 5.60 Å². The second kappa shape index (κ2) is 5.09. The lowest BCUT2D eigenvalue weighted by Crippen LogP contribution is -2.57. The number of rotatable bonds is 0. The fourth-order valence-electron chi connectivity index (χ4n) is 3.05. The van der Waals surface area contributed by atoms with Gasteiger partial charge in [0.15, 0.2) is 0 Å². The third kappa shape index (κ3) is 3.61. The summed E-state index contributed by atoms with van der Waals surface area (Å²) in [5.41, 5.74) is -0.229. The molecule has 2 rings (SSSR count). The molecule has 2 fully saturated rings. The molecule has 2 aliphatic heterocycles. The molecule has 5 heteroatoms. The van der Waals surface area contributed by atoms with E-state index in [1.165, 1.54) is 0 Å². The van der Waals surface area contributed by atoms with Gasteiger partial charge in [0.2, 0.25) is 0 Å². The lowest BCUT2D eigenvalue weighted by Gasteiger charge is -2.44. The lowest BCUT2D eigenvalue weighted by atomic mass is 9.95. The molecule has 0 aromatic heterocycles. The quantitative estimate of drug-likeness (QED) is 0.746. The van der Waals surface area contributed by atoms with Gasteiger partial charge >= 0.3 is 6.09 Å². The maximum Gasteiger partial charge on any atom is 0.410 e. The fraction of sp³-hybridized carbons (Fsp3) is 0.933. The van der Waals surface area contributed by atoms with Gasteiger partial charge < -0.3 is 9.64 Å². The Balaban J connectivity index is 1.98. The highest BCUT2D eigenvalue weighted by Gasteiger charge is 2.48. The fourth-order valence-corrected chi connectivity index (χ4v) is 4.71. The maximum absolute atomic E-state index is 12.2. The summed E-state index contributed by atoms with van der Waals surface area (Å²) in [4.78, 5) is 14.3. The van der Waals surface area contributed by atoms with Crippen molar-refractivity contribution >= 4 is 17.9 Å². The van der Waals surface area contributed by atoms with Crippen LogP contribution in [0, 0.1) is 0 Å². The second-order valence-electron chi connectivity index (χ2n) is 7.77. The van der Waals surface area contributed by atoms with Crippen molar-refractivity contribution in [3.8, 4) is 0 Å². The SMILES string of the molecule is CC1CC2(CCN1C(=O)OC(C)(C)C)NC(C)(C)CS2. The predicted octanol–water partition coefficient (Wildman–Crippen LogP) is 3.22. The monoisotopic (exact) mass is 300 g/mol. The molecule has 116 valence electrons. The third-order valence-corrected chi connectivity index (χ3v) is 5.71. The third-order valence-electron chi connectivity index (χ3n) is 3.82. The van der Waals surface area contributed by atoms with Crippen LogP contribution in [0.5, 0.6) is 0 Å². The summed E-state index contributed by atoms with van der Waals surface area (Å²) in [6, 6.07) is 0.215. The number of carbonyl (C=O) groups excluding carboxylic acids is 1. The second-order valence-corrected chi connectivity index (χ2v) is 9.13. The molecule has 0 aromatic rings. The number of amides is 1. The molecule has 1 spiro atoms. The minimum atomic E-state index is -0.422.